The Labute approximate surface area is 134 Å². The monoisotopic (exact) mass is 344 g/mol. The summed E-state index contributed by atoms with van der Waals surface area (Å²) in [6, 6.07) is 5.20. The Kier molecular flexibility index (Phi) is 4.89. The molecule has 0 aliphatic rings. The molecule has 0 aliphatic heterocycles. The Bertz CT molecular complexity index is 746. The van der Waals surface area contributed by atoms with Crippen LogP contribution >= 0.6 is 11.6 Å². The normalized spacial score (nSPS) is 10.8. The van der Waals surface area contributed by atoms with Crippen LogP contribution in [0.15, 0.2) is 24.3 Å². The van der Waals surface area contributed by atoms with Gasteiger partial charge in [-0.15, -0.1) is 0 Å². The molecule has 2 rings (SSSR count). The van der Waals surface area contributed by atoms with Gasteiger partial charge in [-0.1, -0.05) is 11.6 Å². The molecule has 122 valence electrons. The van der Waals surface area contributed by atoms with Crippen LogP contribution in [0.25, 0.3) is 0 Å². The lowest BCUT2D eigenvalue weighted by atomic mass is 10.3. The van der Waals surface area contributed by atoms with E-state index in [1.54, 1.807) is 0 Å². The highest BCUT2D eigenvalue weighted by Crippen LogP contribution is 2.28. The van der Waals surface area contributed by atoms with Gasteiger partial charge in [-0.3, -0.25) is 19.6 Å². The molecule has 2 aromatic rings. The standard InChI is InChI=1S/C13H11ClF2N4O3/c1-7-11(14)12(13(15)16)18-19(7)6-10(21)17-8-2-4-9(5-3-8)20(22)23/h2-5,13H,6H2,1H3,(H,17,21). The number of nitro benzene ring substituents is 1. The maximum Gasteiger partial charge on any atom is 0.283 e. The molecule has 1 aromatic heterocycles. The second kappa shape index (κ2) is 6.69. The number of halogens is 3. The Balaban J connectivity index is 2.08. The Morgan fingerprint density at radius 1 is 1.43 bits per heavy atom. The number of hydrogen-bond donors (Lipinski definition) is 1. The molecule has 0 unspecified atom stereocenters. The first-order chi connectivity index (χ1) is 10.8. The van der Waals surface area contributed by atoms with E-state index >= 15 is 0 Å². The molecule has 1 heterocycles. The van der Waals surface area contributed by atoms with Gasteiger partial charge >= 0.3 is 0 Å². The predicted molar refractivity (Wildman–Crippen MR) is 78.7 cm³/mol. The van der Waals surface area contributed by atoms with Gasteiger partial charge < -0.3 is 5.32 Å². The van der Waals surface area contributed by atoms with Crippen molar-refractivity contribution >= 4 is 28.9 Å². The van der Waals surface area contributed by atoms with Gasteiger partial charge in [0.1, 0.15) is 12.2 Å². The van der Waals surface area contributed by atoms with Gasteiger partial charge in [0.25, 0.3) is 12.1 Å². The van der Waals surface area contributed by atoms with Gasteiger partial charge in [0.05, 0.1) is 15.6 Å². The van der Waals surface area contributed by atoms with Crippen LogP contribution in [0.3, 0.4) is 0 Å². The topological polar surface area (TPSA) is 90.1 Å². The van der Waals surface area contributed by atoms with Crippen LogP contribution in [0.5, 0.6) is 0 Å². The summed E-state index contributed by atoms with van der Waals surface area (Å²) < 4.78 is 26.5. The molecule has 0 aliphatic carbocycles. The number of non-ortho nitro benzene ring substituents is 1. The SMILES string of the molecule is Cc1c(Cl)c(C(F)F)nn1CC(=O)Nc1ccc([N+](=O)[O-])cc1. The van der Waals surface area contributed by atoms with Crippen LogP contribution in [-0.4, -0.2) is 20.6 Å². The maximum atomic E-state index is 12.7. The molecule has 0 saturated carbocycles. The van der Waals surface area contributed by atoms with E-state index in [0.29, 0.717) is 5.69 Å². The third-order valence-electron chi connectivity index (χ3n) is 3.02. The highest BCUT2D eigenvalue weighted by molar-refractivity contribution is 6.31. The van der Waals surface area contributed by atoms with Gasteiger partial charge in [0.2, 0.25) is 5.91 Å². The molecule has 0 radical (unpaired) electrons. The number of carbonyl (C=O) groups excluding carboxylic acids is 1. The van der Waals surface area contributed by atoms with Gasteiger partial charge in [0, 0.05) is 17.8 Å². The third kappa shape index (κ3) is 3.81. The van der Waals surface area contributed by atoms with Crippen molar-refractivity contribution in [3.05, 3.63) is 50.8 Å². The predicted octanol–water partition coefficient (Wildman–Crippen LogP) is 3.33. The van der Waals surface area contributed by atoms with E-state index in [1.165, 1.54) is 31.2 Å². The fourth-order valence-electron chi connectivity index (χ4n) is 1.84. The minimum absolute atomic E-state index is 0.112. The quantitative estimate of drug-likeness (QED) is 0.665. The lowest BCUT2D eigenvalue weighted by molar-refractivity contribution is -0.384. The number of aromatic nitrogens is 2. The zero-order valence-corrected chi connectivity index (χ0v) is 12.6. The van der Waals surface area contributed by atoms with E-state index in [0.717, 1.165) is 4.68 Å². The fourth-order valence-corrected chi connectivity index (χ4v) is 2.06. The number of alkyl halides is 2. The van der Waals surface area contributed by atoms with Gasteiger partial charge in [-0.05, 0) is 19.1 Å². The number of nitro groups is 1. The zero-order chi connectivity index (χ0) is 17.1. The van der Waals surface area contributed by atoms with Crippen molar-refractivity contribution in [1.29, 1.82) is 0 Å². The maximum absolute atomic E-state index is 12.7. The summed E-state index contributed by atoms with van der Waals surface area (Å²) in [5.41, 5.74) is -0.0991. The molecule has 0 atom stereocenters. The van der Waals surface area contributed by atoms with E-state index in [2.05, 4.69) is 10.4 Å². The van der Waals surface area contributed by atoms with Crippen LogP contribution in [0.4, 0.5) is 20.2 Å². The number of anilines is 1. The molecule has 1 aromatic carbocycles. The largest absolute Gasteiger partial charge is 0.324 e. The molecule has 0 spiro atoms. The zero-order valence-electron chi connectivity index (χ0n) is 11.8. The highest BCUT2D eigenvalue weighted by atomic mass is 35.5. The summed E-state index contributed by atoms with van der Waals surface area (Å²) in [6.07, 6.45) is -2.83. The van der Waals surface area contributed by atoms with Gasteiger partial charge in [0.15, 0.2) is 0 Å². The second-order valence-corrected chi connectivity index (χ2v) is 4.97. The number of rotatable bonds is 5. The molecule has 7 nitrogen and oxygen atoms in total. The molecule has 0 bridgehead atoms. The van der Waals surface area contributed by atoms with Crippen molar-refractivity contribution in [2.24, 2.45) is 0 Å². The number of carbonyl (C=O) groups is 1. The van der Waals surface area contributed by atoms with E-state index in [1.807, 2.05) is 0 Å². The summed E-state index contributed by atoms with van der Waals surface area (Å²) >= 11 is 5.74. The molecule has 10 heteroatoms. The number of hydrogen-bond acceptors (Lipinski definition) is 4. The first-order valence-electron chi connectivity index (χ1n) is 6.35. The first kappa shape index (κ1) is 16.8. The van der Waals surface area contributed by atoms with Crippen molar-refractivity contribution in [2.75, 3.05) is 5.32 Å². The average molecular weight is 345 g/mol. The summed E-state index contributed by atoms with van der Waals surface area (Å²) in [4.78, 5) is 21.9. The van der Waals surface area contributed by atoms with Crippen LogP contribution in [0, 0.1) is 17.0 Å². The lowest BCUT2D eigenvalue weighted by Crippen LogP contribution is -2.20. The molecule has 1 N–H and O–H groups in total. The Morgan fingerprint density at radius 3 is 2.52 bits per heavy atom. The van der Waals surface area contributed by atoms with Crippen molar-refractivity contribution in [3.63, 3.8) is 0 Å². The molecular weight excluding hydrogens is 334 g/mol. The molecule has 0 fully saturated rings. The van der Waals surface area contributed by atoms with Crippen LogP contribution in [0.2, 0.25) is 5.02 Å². The number of nitrogens with one attached hydrogen (secondary N) is 1. The van der Waals surface area contributed by atoms with Gasteiger partial charge in [-0.25, -0.2) is 8.78 Å². The number of amides is 1. The van der Waals surface area contributed by atoms with E-state index < -0.39 is 22.9 Å². The van der Waals surface area contributed by atoms with Crippen molar-refractivity contribution < 1.29 is 18.5 Å². The van der Waals surface area contributed by atoms with Gasteiger partial charge in [-0.2, -0.15) is 5.10 Å². The molecular formula is C13H11ClF2N4O3. The minimum Gasteiger partial charge on any atom is -0.324 e. The number of benzene rings is 1. The van der Waals surface area contributed by atoms with E-state index in [9.17, 15) is 23.7 Å². The number of nitrogens with zero attached hydrogens (tertiary/aromatic N) is 3. The van der Waals surface area contributed by atoms with E-state index in [4.69, 9.17) is 11.6 Å². The Hall–Kier alpha value is -2.55. The summed E-state index contributed by atoms with van der Waals surface area (Å²) in [5.74, 6) is -0.526. The Morgan fingerprint density at radius 2 is 2.04 bits per heavy atom. The first-order valence-corrected chi connectivity index (χ1v) is 6.72. The average Bonchev–Trinajstić information content (AvgIpc) is 2.76. The highest BCUT2D eigenvalue weighted by Gasteiger charge is 2.21. The molecule has 1 amide bonds. The fraction of sp³-hybridized carbons (Fsp3) is 0.231. The molecule has 0 saturated heterocycles. The van der Waals surface area contributed by atoms with Crippen LogP contribution in [0.1, 0.15) is 17.8 Å². The summed E-state index contributed by atoms with van der Waals surface area (Å²) in [5, 5.41) is 16.5. The molecule has 23 heavy (non-hydrogen) atoms. The summed E-state index contributed by atoms with van der Waals surface area (Å²) in [6.45, 7) is 1.16. The van der Waals surface area contributed by atoms with Crippen LogP contribution < -0.4 is 5.32 Å². The smallest absolute Gasteiger partial charge is 0.283 e. The minimum atomic E-state index is -2.83. The van der Waals surface area contributed by atoms with Crippen molar-refractivity contribution in [1.82, 2.24) is 9.78 Å². The lowest BCUT2D eigenvalue weighted by Gasteiger charge is -2.06. The summed E-state index contributed by atoms with van der Waals surface area (Å²) in [7, 11) is 0. The van der Waals surface area contributed by atoms with E-state index in [-0.39, 0.29) is 22.9 Å². The third-order valence-corrected chi connectivity index (χ3v) is 3.49. The van der Waals surface area contributed by atoms with Crippen LogP contribution in [-0.2, 0) is 11.3 Å². The second-order valence-electron chi connectivity index (χ2n) is 4.60. The van der Waals surface area contributed by atoms with Crippen molar-refractivity contribution in [2.45, 2.75) is 19.9 Å². The van der Waals surface area contributed by atoms with Crippen molar-refractivity contribution in [3.8, 4) is 0 Å².